The Morgan fingerprint density at radius 1 is 0.880 bits per heavy atom. The molecule has 0 spiro atoms. The summed E-state index contributed by atoms with van der Waals surface area (Å²) in [6.45, 7) is 15.1. The number of rotatable bonds is 5. The van der Waals surface area contributed by atoms with Gasteiger partial charge in [-0.3, -0.25) is 9.80 Å². The van der Waals surface area contributed by atoms with Crippen LogP contribution in [0.4, 0.5) is 0 Å². The second-order valence-corrected chi connectivity index (χ2v) is 9.16. The number of hydrogen-bond acceptors (Lipinski definition) is 5. The van der Waals surface area contributed by atoms with E-state index in [1.807, 2.05) is 0 Å². The number of β-amino-alcohol motifs (C(OH)–C–C–N with tert-alkyl or cyclic N) is 1. The second-order valence-electron chi connectivity index (χ2n) is 9.16. The number of hydrogen-bond donors (Lipinski definition) is 1. The average molecular weight is 354 g/mol. The van der Waals surface area contributed by atoms with E-state index < -0.39 is 0 Å². The summed E-state index contributed by atoms with van der Waals surface area (Å²) in [4.78, 5) is 7.61. The van der Waals surface area contributed by atoms with Crippen LogP contribution < -0.4 is 0 Å². The molecule has 146 valence electrons. The molecule has 0 aromatic carbocycles. The van der Waals surface area contributed by atoms with Gasteiger partial charge < -0.3 is 14.7 Å². The zero-order valence-electron chi connectivity index (χ0n) is 16.5. The van der Waals surface area contributed by atoms with Gasteiger partial charge in [0, 0.05) is 38.8 Å². The van der Waals surface area contributed by atoms with E-state index in [4.69, 9.17) is 4.74 Å². The molecule has 5 heteroatoms. The molecule has 3 fully saturated rings. The van der Waals surface area contributed by atoms with Gasteiger partial charge in [0.25, 0.3) is 0 Å². The molecule has 3 rings (SSSR count). The number of morpholine rings is 1. The van der Waals surface area contributed by atoms with Crippen LogP contribution in [0.15, 0.2) is 0 Å². The van der Waals surface area contributed by atoms with Crippen molar-refractivity contribution in [2.75, 3.05) is 65.6 Å². The van der Waals surface area contributed by atoms with E-state index in [0.29, 0.717) is 6.04 Å². The third-order valence-corrected chi connectivity index (χ3v) is 6.15. The van der Waals surface area contributed by atoms with Crippen LogP contribution in [0.25, 0.3) is 0 Å². The Kier molecular flexibility index (Phi) is 7.15. The first kappa shape index (κ1) is 19.6. The van der Waals surface area contributed by atoms with Gasteiger partial charge in [-0.05, 0) is 44.3 Å². The first-order valence-corrected chi connectivity index (χ1v) is 10.5. The molecule has 1 N–H and O–H groups in total. The number of aliphatic hydroxyl groups is 1. The van der Waals surface area contributed by atoms with Gasteiger partial charge in [-0.1, -0.05) is 26.7 Å². The Hall–Kier alpha value is -0.200. The molecular formula is C20H39N3O2. The number of piperidine rings is 1. The summed E-state index contributed by atoms with van der Waals surface area (Å²) >= 11 is 0. The summed E-state index contributed by atoms with van der Waals surface area (Å²) in [5.74, 6) is 0. The molecule has 0 saturated carbocycles. The van der Waals surface area contributed by atoms with E-state index in [9.17, 15) is 5.11 Å². The lowest BCUT2D eigenvalue weighted by Crippen LogP contribution is -2.56. The van der Waals surface area contributed by atoms with Crippen molar-refractivity contribution in [3.8, 4) is 0 Å². The molecule has 3 saturated heterocycles. The van der Waals surface area contributed by atoms with Crippen molar-refractivity contribution in [1.82, 2.24) is 14.7 Å². The summed E-state index contributed by atoms with van der Waals surface area (Å²) in [5, 5.41) is 10.8. The highest BCUT2D eigenvalue weighted by Crippen LogP contribution is 2.25. The maximum absolute atomic E-state index is 10.8. The summed E-state index contributed by atoms with van der Waals surface area (Å²) in [5.41, 5.74) is 0.256. The van der Waals surface area contributed by atoms with Crippen LogP contribution >= 0.6 is 0 Å². The van der Waals surface area contributed by atoms with Crippen LogP contribution in [0, 0.1) is 5.41 Å². The monoisotopic (exact) mass is 353 g/mol. The van der Waals surface area contributed by atoms with E-state index in [1.165, 1.54) is 38.8 Å². The molecule has 25 heavy (non-hydrogen) atoms. The van der Waals surface area contributed by atoms with Crippen molar-refractivity contribution in [3.05, 3.63) is 0 Å². The van der Waals surface area contributed by atoms with Crippen molar-refractivity contribution in [3.63, 3.8) is 0 Å². The number of nitrogens with zero attached hydrogens (tertiary/aromatic N) is 3. The molecule has 3 aliphatic heterocycles. The zero-order chi connectivity index (χ0) is 17.7. The maximum atomic E-state index is 10.8. The largest absolute Gasteiger partial charge is 0.390 e. The van der Waals surface area contributed by atoms with Crippen molar-refractivity contribution in [1.29, 1.82) is 0 Å². The first-order valence-electron chi connectivity index (χ1n) is 10.5. The molecule has 0 bridgehead atoms. The minimum Gasteiger partial charge on any atom is -0.390 e. The fraction of sp³-hybridized carbons (Fsp3) is 1.00. The lowest BCUT2D eigenvalue weighted by Gasteiger charge is -2.44. The Morgan fingerprint density at radius 3 is 2.16 bits per heavy atom. The number of likely N-dealkylation sites (tertiary alicyclic amines) is 2. The molecule has 3 aliphatic rings. The molecular weight excluding hydrogens is 314 g/mol. The molecule has 0 aromatic rings. The van der Waals surface area contributed by atoms with E-state index in [-0.39, 0.29) is 11.5 Å². The van der Waals surface area contributed by atoms with E-state index in [2.05, 4.69) is 28.5 Å². The molecule has 0 unspecified atom stereocenters. The summed E-state index contributed by atoms with van der Waals surface area (Å²) < 4.78 is 5.47. The third-order valence-electron chi connectivity index (χ3n) is 6.15. The fourth-order valence-electron chi connectivity index (χ4n) is 5.00. The van der Waals surface area contributed by atoms with Gasteiger partial charge in [-0.25, -0.2) is 0 Å². The van der Waals surface area contributed by atoms with Crippen LogP contribution in [-0.2, 0) is 4.74 Å². The Balaban J connectivity index is 1.46. The molecule has 0 amide bonds. The van der Waals surface area contributed by atoms with Gasteiger partial charge in [-0.2, -0.15) is 0 Å². The predicted molar refractivity (Wildman–Crippen MR) is 102 cm³/mol. The lowest BCUT2D eigenvalue weighted by atomic mass is 9.89. The normalized spacial score (nSPS) is 31.8. The lowest BCUT2D eigenvalue weighted by molar-refractivity contribution is -0.0286. The minimum atomic E-state index is -0.189. The molecule has 0 aliphatic carbocycles. The topological polar surface area (TPSA) is 39.2 Å². The van der Waals surface area contributed by atoms with Crippen LogP contribution in [0.1, 0.15) is 46.0 Å². The highest BCUT2D eigenvalue weighted by molar-refractivity contribution is 4.90. The van der Waals surface area contributed by atoms with Gasteiger partial charge in [0.2, 0.25) is 0 Å². The summed E-state index contributed by atoms with van der Waals surface area (Å²) in [6.07, 6.45) is 6.27. The van der Waals surface area contributed by atoms with Crippen LogP contribution in [0.3, 0.4) is 0 Å². The third kappa shape index (κ3) is 5.90. The van der Waals surface area contributed by atoms with Crippen molar-refractivity contribution in [2.24, 2.45) is 5.41 Å². The predicted octanol–water partition coefficient (Wildman–Crippen LogP) is 1.66. The number of ether oxygens (including phenoxy) is 1. The molecule has 3 heterocycles. The Morgan fingerprint density at radius 2 is 1.52 bits per heavy atom. The quantitative estimate of drug-likeness (QED) is 0.814. The van der Waals surface area contributed by atoms with Gasteiger partial charge in [0.15, 0.2) is 0 Å². The average Bonchev–Trinajstić information content (AvgIpc) is 2.84. The Bertz CT molecular complexity index is 390. The minimum absolute atomic E-state index is 0.189. The SMILES string of the molecule is CC(C)(CN1CCOCC1)CN1CC[C@@H](N2CCCCCC2)[C@H](O)C1. The fourth-order valence-corrected chi connectivity index (χ4v) is 5.00. The van der Waals surface area contributed by atoms with Crippen LogP contribution in [-0.4, -0.2) is 97.5 Å². The summed E-state index contributed by atoms with van der Waals surface area (Å²) in [6, 6.07) is 0.386. The molecule has 0 radical (unpaired) electrons. The molecule has 0 aromatic heterocycles. The molecule has 2 atom stereocenters. The first-order chi connectivity index (χ1) is 12.0. The van der Waals surface area contributed by atoms with Gasteiger partial charge in [0.1, 0.15) is 0 Å². The summed E-state index contributed by atoms with van der Waals surface area (Å²) in [7, 11) is 0. The smallest absolute Gasteiger partial charge is 0.0822 e. The van der Waals surface area contributed by atoms with Gasteiger partial charge in [0.05, 0.1) is 19.3 Å². The van der Waals surface area contributed by atoms with E-state index in [0.717, 1.165) is 58.9 Å². The van der Waals surface area contributed by atoms with Crippen molar-refractivity contribution >= 4 is 0 Å². The maximum Gasteiger partial charge on any atom is 0.0822 e. The van der Waals surface area contributed by atoms with Gasteiger partial charge >= 0.3 is 0 Å². The Labute approximate surface area is 154 Å². The molecule has 5 nitrogen and oxygen atoms in total. The zero-order valence-corrected chi connectivity index (χ0v) is 16.5. The van der Waals surface area contributed by atoms with E-state index >= 15 is 0 Å². The van der Waals surface area contributed by atoms with E-state index in [1.54, 1.807) is 0 Å². The van der Waals surface area contributed by atoms with Crippen LogP contribution in [0.2, 0.25) is 0 Å². The van der Waals surface area contributed by atoms with Crippen molar-refractivity contribution in [2.45, 2.75) is 58.1 Å². The highest BCUT2D eigenvalue weighted by Gasteiger charge is 2.34. The standard InChI is InChI=1S/C20H39N3O2/c1-20(2,16-21-11-13-25-14-12-21)17-22-10-7-18(19(24)15-22)23-8-5-3-4-6-9-23/h18-19,24H,3-17H2,1-2H3/t18-,19-/m1/s1. The van der Waals surface area contributed by atoms with Gasteiger partial charge in [-0.15, -0.1) is 0 Å². The number of aliphatic hydroxyl groups excluding tert-OH is 1. The van der Waals surface area contributed by atoms with Crippen LogP contribution in [0.5, 0.6) is 0 Å². The second kappa shape index (κ2) is 9.14. The highest BCUT2D eigenvalue weighted by atomic mass is 16.5. The van der Waals surface area contributed by atoms with Crippen molar-refractivity contribution < 1.29 is 9.84 Å².